The molecule has 1 amide bonds. The van der Waals surface area contributed by atoms with Crippen molar-refractivity contribution in [3.05, 3.63) is 71.8 Å². The average Bonchev–Trinajstić information content (AvgIpc) is 2.65. The second-order valence-corrected chi connectivity index (χ2v) is 5.88. The summed E-state index contributed by atoms with van der Waals surface area (Å²) in [5.74, 6) is -0.0589. The van der Waals surface area contributed by atoms with Crippen molar-refractivity contribution in [3.8, 4) is 0 Å². The van der Waals surface area contributed by atoms with Gasteiger partial charge in [-0.3, -0.25) is 0 Å². The number of ether oxygens (including phenoxy) is 1. The van der Waals surface area contributed by atoms with Gasteiger partial charge < -0.3 is 15.2 Å². The van der Waals surface area contributed by atoms with Gasteiger partial charge in [0.05, 0.1) is 18.0 Å². The Balaban J connectivity index is 2.00. The van der Waals surface area contributed by atoms with Crippen LogP contribution in [0.4, 0.5) is 4.79 Å². The molecule has 0 aromatic heterocycles. The Labute approximate surface area is 151 Å². The minimum absolute atomic E-state index is 0.0589. The molecule has 0 saturated carbocycles. The summed E-state index contributed by atoms with van der Waals surface area (Å²) in [7, 11) is 0. The molecule has 0 fully saturated rings. The predicted molar refractivity (Wildman–Crippen MR) is 98.4 cm³/mol. The lowest BCUT2D eigenvalue weighted by Crippen LogP contribution is -2.49. The third-order valence-corrected chi connectivity index (χ3v) is 4.18. The van der Waals surface area contributed by atoms with Crippen LogP contribution in [-0.2, 0) is 11.3 Å². The largest absolute Gasteiger partial charge is 0.445 e. The van der Waals surface area contributed by atoms with E-state index >= 15 is 0 Å². The van der Waals surface area contributed by atoms with E-state index in [0.29, 0.717) is 4.86 Å². The maximum atomic E-state index is 12.0. The summed E-state index contributed by atoms with van der Waals surface area (Å²) in [6, 6.07) is 17.7. The highest BCUT2D eigenvalue weighted by Crippen LogP contribution is 2.10. The molecule has 4 nitrogen and oxygen atoms in total. The standard InChI is InChI=1S/C18H18ClNO3S/c19-11-15(21)16(17(24)14-9-5-2-6-10-14)20-18(22)23-12-13-7-3-1-4-8-13/h1-10,15-16,21H,11-12H2,(H,20,22). The number of alkyl carbamates (subject to hydrolysis) is 1. The molecule has 0 radical (unpaired) electrons. The van der Waals surface area contributed by atoms with Gasteiger partial charge in [0.1, 0.15) is 6.61 Å². The molecule has 2 aromatic rings. The van der Waals surface area contributed by atoms with Crippen molar-refractivity contribution in [3.63, 3.8) is 0 Å². The topological polar surface area (TPSA) is 58.6 Å². The van der Waals surface area contributed by atoms with Crippen molar-refractivity contribution in [2.75, 3.05) is 5.88 Å². The molecule has 6 heteroatoms. The van der Waals surface area contributed by atoms with Crippen molar-refractivity contribution in [2.24, 2.45) is 0 Å². The first kappa shape index (κ1) is 18.4. The van der Waals surface area contributed by atoms with Crippen LogP contribution in [0.3, 0.4) is 0 Å². The van der Waals surface area contributed by atoms with Crippen molar-refractivity contribution in [1.82, 2.24) is 5.32 Å². The number of thiocarbonyl (C=S) groups is 1. The van der Waals surface area contributed by atoms with Gasteiger partial charge >= 0.3 is 6.09 Å². The molecule has 0 saturated heterocycles. The van der Waals surface area contributed by atoms with E-state index in [-0.39, 0.29) is 12.5 Å². The number of carbonyl (C=O) groups is 1. The van der Waals surface area contributed by atoms with Gasteiger partial charge in [0.2, 0.25) is 0 Å². The number of aliphatic hydroxyl groups excluding tert-OH is 1. The first-order chi connectivity index (χ1) is 11.6. The van der Waals surface area contributed by atoms with Crippen LogP contribution in [0.15, 0.2) is 60.7 Å². The SMILES string of the molecule is O=C(NC(C(=S)c1ccccc1)C(O)CCl)OCc1ccccc1. The van der Waals surface area contributed by atoms with Crippen molar-refractivity contribution < 1.29 is 14.6 Å². The summed E-state index contributed by atoms with van der Waals surface area (Å²) in [4.78, 5) is 12.4. The Morgan fingerprint density at radius 2 is 1.71 bits per heavy atom. The molecule has 24 heavy (non-hydrogen) atoms. The average molecular weight is 364 g/mol. The molecule has 2 atom stereocenters. The molecule has 0 aliphatic rings. The number of nitrogens with one attached hydrogen (secondary N) is 1. The highest BCUT2D eigenvalue weighted by molar-refractivity contribution is 7.81. The monoisotopic (exact) mass is 363 g/mol. The molecule has 2 rings (SSSR count). The van der Waals surface area contributed by atoms with Gasteiger partial charge in [-0.15, -0.1) is 11.6 Å². The third-order valence-electron chi connectivity index (χ3n) is 3.37. The summed E-state index contributed by atoms with van der Waals surface area (Å²) in [6.07, 6.45) is -1.67. The lowest BCUT2D eigenvalue weighted by molar-refractivity contribution is 0.123. The number of rotatable bonds is 7. The molecule has 2 N–H and O–H groups in total. The number of benzene rings is 2. The fourth-order valence-corrected chi connectivity index (χ4v) is 2.63. The smallest absolute Gasteiger partial charge is 0.408 e. The predicted octanol–water partition coefficient (Wildman–Crippen LogP) is 3.30. The molecular weight excluding hydrogens is 346 g/mol. The quantitative estimate of drug-likeness (QED) is 0.450. The van der Waals surface area contributed by atoms with Gasteiger partial charge in [0.25, 0.3) is 0 Å². The first-order valence-corrected chi connectivity index (χ1v) is 8.36. The fourth-order valence-electron chi connectivity index (χ4n) is 2.10. The molecule has 0 spiro atoms. The van der Waals surface area contributed by atoms with Gasteiger partial charge in [-0.25, -0.2) is 4.79 Å². The van der Waals surface area contributed by atoms with Gasteiger partial charge in [0, 0.05) is 4.86 Å². The Kier molecular flexibility index (Phi) is 7.18. The summed E-state index contributed by atoms with van der Waals surface area (Å²) < 4.78 is 5.18. The summed E-state index contributed by atoms with van der Waals surface area (Å²) >= 11 is 11.1. The number of aliphatic hydroxyl groups is 1. The van der Waals surface area contributed by atoms with Crippen LogP contribution in [0.25, 0.3) is 0 Å². The van der Waals surface area contributed by atoms with E-state index in [1.807, 2.05) is 60.7 Å². The summed E-state index contributed by atoms with van der Waals surface area (Å²) in [5.41, 5.74) is 1.61. The number of carbonyl (C=O) groups excluding carboxylic acids is 1. The molecule has 2 aromatic carbocycles. The van der Waals surface area contributed by atoms with E-state index in [4.69, 9.17) is 28.6 Å². The van der Waals surface area contributed by atoms with Crippen LogP contribution in [0.5, 0.6) is 0 Å². The van der Waals surface area contributed by atoms with Crippen LogP contribution >= 0.6 is 23.8 Å². The Morgan fingerprint density at radius 3 is 2.29 bits per heavy atom. The maximum Gasteiger partial charge on any atom is 0.408 e. The van der Waals surface area contributed by atoms with E-state index in [2.05, 4.69) is 5.32 Å². The normalized spacial score (nSPS) is 12.9. The second kappa shape index (κ2) is 9.37. The van der Waals surface area contributed by atoms with Crippen LogP contribution in [0.1, 0.15) is 11.1 Å². The Morgan fingerprint density at radius 1 is 1.12 bits per heavy atom. The zero-order valence-corrected chi connectivity index (χ0v) is 14.5. The zero-order chi connectivity index (χ0) is 17.4. The number of halogens is 1. The zero-order valence-electron chi connectivity index (χ0n) is 12.9. The van der Waals surface area contributed by atoms with Gasteiger partial charge in [0.15, 0.2) is 0 Å². The molecule has 126 valence electrons. The van der Waals surface area contributed by atoms with E-state index in [1.54, 1.807) is 0 Å². The Hall–Kier alpha value is -1.95. The number of alkyl halides is 1. The minimum Gasteiger partial charge on any atom is -0.445 e. The van der Waals surface area contributed by atoms with E-state index in [0.717, 1.165) is 11.1 Å². The molecule has 0 heterocycles. The van der Waals surface area contributed by atoms with Crippen LogP contribution in [0.2, 0.25) is 0 Å². The number of hydrogen-bond donors (Lipinski definition) is 2. The Bertz CT molecular complexity index is 666. The number of amides is 1. The lowest BCUT2D eigenvalue weighted by atomic mass is 10.0. The molecule has 0 bridgehead atoms. The van der Waals surface area contributed by atoms with Crippen LogP contribution < -0.4 is 5.32 Å². The highest BCUT2D eigenvalue weighted by atomic mass is 35.5. The third kappa shape index (κ3) is 5.30. The van der Waals surface area contributed by atoms with Gasteiger partial charge in [-0.05, 0) is 11.1 Å². The fraction of sp³-hybridized carbons (Fsp3) is 0.222. The van der Waals surface area contributed by atoms with Crippen molar-refractivity contribution in [2.45, 2.75) is 18.8 Å². The summed E-state index contributed by atoms with van der Waals surface area (Å²) in [5, 5.41) is 12.7. The van der Waals surface area contributed by atoms with Crippen LogP contribution in [0, 0.1) is 0 Å². The van der Waals surface area contributed by atoms with E-state index in [1.165, 1.54) is 0 Å². The van der Waals surface area contributed by atoms with E-state index < -0.39 is 18.2 Å². The minimum atomic E-state index is -1.01. The van der Waals surface area contributed by atoms with Crippen molar-refractivity contribution >= 4 is 34.8 Å². The molecule has 2 unspecified atom stereocenters. The van der Waals surface area contributed by atoms with Gasteiger partial charge in [-0.1, -0.05) is 72.9 Å². The van der Waals surface area contributed by atoms with Crippen LogP contribution in [-0.4, -0.2) is 34.1 Å². The van der Waals surface area contributed by atoms with Gasteiger partial charge in [-0.2, -0.15) is 0 Å². The second-order valence-electron chi connectivity index (χ2n) is 5.14. The molecule has 0 aliphatic heterocycles. The number of hydrogen-bond acceptors (Lipinski definition) is 4. The summed E-state index contributed by atoms with van der Waals surface area (Å²) in [6.45, 7) is 0.133. The highest BCUT2D eigenvalue weighted by Gasteiger charge is 2.26. The first-order valence-electron chi connectivity index (χ1n) is 7.42. The molecule has 0 aliphatic carbocycles. The lowest BCUT2D eigenvalue weighted by Gasteiger charge is -2.23. The molecular formula is C18H18ClNO3S. The van der Waals surface area contributed by atoms with E-state index in [9.17, 15) is 9.90 Å². The van der Waals surface area contributed by atoms with Crippen molar-refractivity contribution in [1.29, 1.82) is 0 Å². The maximum absolute atomic E-state index is 12.0.